The van der Waals surface area contributed by atoms with E-state index in [0.717, 1.165) is 6.07 Å². The summed E-state index contributed by atoms with van der Waals surface area (Å²) < 4.78 is 29.1. The Hall–Kier alpha value is -1.71. The largest absolute Gasteiger partial charge is 0.325 e. The van der Waals surface area contributed by atoms with Gasteiger partial charge in [-0.05, 0) is 24.3 Å². The second-order valence-electron chi connectivity index (χ2n) is 2.52. The van der Waals surface area contributed by atoms with Crippen LogP contribution >= 0.6 is 0 Å². The molecule has 66 valence electrons. The normalized spacial score (nSPS) is 10.3. The smallest absolute Gasteiger partial charge is 0.306 e. The quantitative estimate of drug-likeness (QED) is 0.675. The highest BCUT2D eigenvalue weighted by Gasteiger charge is 2.04. The lowest BCUT2D eigenvalue weighted by molar-refractivity contribution is 0.283. The number of benzene rings is 1. The van der Waals surface area contributed by atoms with Crippen LogP contribution in [-0.2, 0) is 0 Å². The molecule has 1 aromatic heterocycles. The van der Waals surface area contributed by atoms with Gasteiger partial charge in [-0.25, -0.2) is 4.39 Å². The maximum absolute atomic E-state index is 12.5. The number of nitrogens with zero attached hydrogens (tertiary/aromatic N) is 1. The molecule has 0 amide bonds. The highest BCUT2D eigenvalue weighted by atomic mass is 19.1. The van der Waals surface area contributed by atoms with Crippen LogP contribution in [0, 0.1) is 11.8 Å². The molecule has 0 aliphatic rings. The average molecular weight is 181 g/mol. The Labute approximate surface area is 72.8 Å². The molecule has 0 radical (unpaired) electrons. The summed E-state index contributed by atoms with van der Waals surface area (Å²) in [5, 5.41) is 3.44. The van der Waals surface area contributed by atoms with Crippen molar-refractivity contribution in [3.8, 4) is 11.3 Å². The number of hydrogen-bond donors (Lipinski definition) is 0. The van der Waals surface area contributed by atoms with Gasteiger partial charge in [-0.2, -0.15) is 4.39 Å². The van der Waals surface area contributed by atoms with Crippen molar-refractivity contribution in [2.24, 2.45) is 0 Å². The fraction of sp³-hybridized carbons (Fsp3) is 0. The molecule has 0 spiro atoms. The van der Waals surface area contributed by atoms with Crippen molar-refractivity contribution in [2.75, 3.05) is 0 Å². The molecule has 0 unspecified atom stereocenters. The van der Waals surface area contributed by atoms with E-state index in [1.807, 2.05) is 0 Å². The van der Waals surface area contributed by atoms with Gasteiger partial charge in [0.1, 0.15) is 11.5 Å². The number of rotatable bonds is 1. The zero-order chi connectivity index (χ0) is 9.26. The van der Waals surface area contributed by atoms with Crippen molar-refractivity contribution in [3.05, 3.63) is 42.2 Å². The number of aromatic nitrogens is 1. The molecular weight excluding hydrogens is 176 g/mol. The third-order valence-corrected chi connectivity index (χ3v) is 1.62. The molecule has 0 bridgehead atoms. The summed E-state index contributed by atoms with van der Waals surface area (Å²) in [5.74, 6) is -0.340. The summed E-state index contributed by atoms with van der Waals surface area (Å²) in [6.45, 7) is 0. The Morgan fingerprint density at radius 3 is 2.31 bits per heavy atom. The molecule has 13 heavy (non-hydrogen) atoms. The van der Waals surface area contributed by atoms with Crippen molar-refractivity contribution in [1.29, 1.82) is 0 Å². The van der Waals surface area contributed by atoms with Gasteiger partial charge >= 0.3 is 6.01 Å². The molecule has 0 aliphatic heterocycles. The van der Waals surface area contributed by atoms with E-state index in [9.17, 15) is 8.78 Å². The van der Waals surface area contributed by atoms with E-state index in [1.165, 1.54) is 24.3 Å². The van der Waals surface area contributed by atoms with Crippen molar-refractivity contribution in [1.82, 2.24) is 5.16 Å². The maximum atomic E-state index is 12.5. The lowest BCUT2D eigenvalue weighted by atomic mass is 10.1. The van der Waals surface area contributed by atoms with Gasteiger partial charge in [0.15, 0.2) is 0 Å². The molecule has 2 nitrogen and oxygen atoms in total. The first kappa shape index (κ1) is 7.91. The molecule has 0 atom stereocenters. The monoisotopic (exact) mass is 181 g/mol. The molecule has 0 N–H and O–H groups in total. The van der Waals surface area contributed by atoms with E-state index in [2.05, 4.69) is 9.68 Å². The van der Waals surface area contributed by atoms with Crippen LogP contribution in [0.1, 0.15) is 0 Å². The molecule has 4 heteroatoms. The topological polar surface area (TPSA) is 26.0 Å². The Morgan fingerprint density at radius 1 is 1.08 bits per heavy atom. The second kappa shape index (κ2) is 2.97. The lowest BCUT2D eigenvalue weighted by Gasteiger charge is -1.92. The minimum absolute atomic E-state index is 0.340. The van der Waals surface area contributed by atoms with Gasteiger partial charge in [0, 0.05) is 11.6 Å². The molecular formula is C9H5F2NO. The first-order valence-electron chi connectivity index (χ1n) is 3.64. The standard InChI is InChI=1S/C9H5F2NO/c10-7-3-1-6(2-4-7)8-5-9(11)13-12-8/h1-5H. The van der Waals surface area contributed by atoms with Gasteiger partial charge in [0.05, 0.1) is 0 Å². The van der Waals surface area contributed by atoms with Crippen molar-refractivity contribution < 1.29 is 13.3 Å². The van der Waals surface area contributed by atoms with Crippen molar-refractivity contribution in [3.63, 3.8) is 0 Å². The van der Waals surface area contributed by atoms with Gasteiger partial charge in [-0.1, -0.05) is 5.16 Å². The molecule has 1 heterocycles. The van der Waals surface area contributed by atoms with Crippen molar-refractivity contribution >= 4 is 0 Å². The van der Waals surface area contributed by atoms with Crippen molar-refractivity contribution in [2.45, 2.75) is 0 Å². The van der Waals surface area contributed by atoms with E-state index in [1.54, 1.807) is 0 Å². The predicted octanol–water partition coefficient (Wildman–Crippen LogP) is 2.62. The molecule has 0 saturated heterocycles. The molecule has 0 aliphatic carbocycles. The van der Waals surface area contributed by atoms with Gasteiger partial charge in [0.2, 0.25) is 0 Å². The minimum atomic E-state index is -0.751. The SMILES string of the molecule is Fc1ccc(-c2cc(F)on2)cc1. The summed E-state index contributed by atoms with van der Waals surface area (Å²) in [7, 11) is 0. The summed E-state index contributed by atoms with van der Waals surface area (Å²) >= 11 is 0. The second-order valence-corrected chi connectivity index (χ2v) is 2.52. The first-order valence-corrected chi connectivity index (χ1v) is 3.64. The van der Waals surface area contributed by atoms with E-state index in [0.29, 0.717) is 11.3 Å². The Kier molecular flexibility index (Phi) is 1.81. The fourth-order valence-electron chi connectivity index (χ4n) is 1.01. The van der Waals surface area contributed by atoms with Crippen LogP contribution in [0.4, 0.5) is 8.78 Å². The van der Waals surface area contributed by atoms with E-state index in [-0.39, 0.29) is 5.82 Å². The van der Waals surface area contributed by atoms with Gasteiger partial charge in [0.25, 0.3) is 0 Å². The first-order chi connectivity index (χ1) is 6.25. The maximum Gasteiger partial charge on any atom is 0.306 e. The van der Waals surface area contributed by atoms with E-state index in [4.69, 9.17) is 0 Å². The molecule has 0 fully saturated rings. The van der Waals surface area contributed by atoms with Gasteiger partial charge in [-0.15, -0.1) is 0 Å². The van der Waals surface area contributed by atoms with E-state index < -0.39 is 6.01 Å². The summed E-state index contributed by atoms with van der Waals surface area (Å²) in [4.78, 5) is 0. The van der Waals surface area contributed by atoms with Crippen LogP contribution in [-0.4, -0.2) is 5.16 Å². The van der Waals surface area contributed by atoms with Crippen LogP contribution in [0.5, 0.6) is 0 Å². The lowest BCUT2D eigenvalue weighted by Crippen LogP contribution is -1.77. The van der Waals surface area contributed by atoms with Crippen LogP contribution in [0.15, 0.2) is 34.9 Å². The highest BCUT2D eigenvalue weighted by molar-refractivity contribution is 5.57. The third kappa shape index (κ3) is 1.56. The van der Waals surface area contributed by atoms with Crippen LogP contribution in [0.3, 0.4) is 0 Å². The summed E-state index contributed by atoms with van der Waals surface area (Å²) in [6, 6.07) is 5.97. The van der Waals surface area contributed by atoms with E-state index >= 15 is 0 Å². The zero-order valence-corrected chi connectivity index (χ0v) is 6.50. The summed E-state index contributed by atoms with van der Waals surface area (Å²) in [5.41, 5.74) is 0.978. The number of hydrogen-bond acceptors (Lipinski definition) is 2. The highest BCUT2D eigenvalue weighted by Crippen LogP contribution is 2.18. The van der Waals surface area contributed by atoms with Gasteiger partial charge in [-0.3, -0.25) is 0 Å². The predicted molar refractivity (Wildman–Crippen MR) is 41.9 cm³/mol. The average Bonchev–Trinajstić information content (AvgIpc) is 2.53. The zero-order valence-electron chi connectivity index (χ0n) is 6.50. The van der Waals surface area contributed by atoms with Crippen LogP contribution in [0.2, 0.25) is 0 Å². The molecule has 2 aromatic rings. The fourth-order valence-corrected chi connectivity index (χ4v) is 1.01. The Bertz CT molecular complexity index is 408. The summed E-state index contributed by atoms with van der Waals surface area (Å²) in [6.07, 6.45) is 0. The third-order valence-electron chi connectivity index (χ3n) is 1.62. The minimum Gasteiger partial charge on any atom is -0.325 e. The van der Waals surface area contributed by atoms with Crippen LogP contribution < -0.4 is 0 Å². The Morgan fingerprint density at radius 2 is 1.77 bits per heavy atom. The van der Waals surface area contributed by atoms with Gasteiger partial charge < -0.3 is 4.52 Å². The number of halogens is 2. The Balaban J connectivity index is 2.41. The molecule has 2 rings (SSSR count). The van der Waals surface area contributed by atoms with Crippen LogP contribution in [0.25, 0.3) is 11.3 Å². The molecule has 1 aromatic carbocycles. The molecule has 0 saturated carbocycles.